The van der Waals surface area contributed by atoms with Crippen molar-refractivity contribution in [2.45, 2.75) is 46.6 Å². The van der Waals surface area contributed by atoms with E-state index in [1.165, 1.54) is 0 Å². The minimum absolute atomic E-state index is 0.366. The van der Waals surface area contributed by atoms with E-state index in [-0.39, 0.29) is 6.10 Å². The first kappa shape index (κ1) is 14.0. The Bertz CT molecular complexity index is 371. The van der Waals surface area contributed by atoms with E-state index in [1.807, 2.05) is 26.0 Å². The van der Waals surface area contributed by atoms with Crippen LogP contribution in [-0.4, -0.2) is 12.2 Å². The Morgan fingerprint density at radius 3 is 2.41 bits per heavy atom. The fourth-order valence-corrected chi connectivity index (χ4v) is 2.07. The molecule has 2 unspecified atom stereocenters. The van der Waals surface area contributed by atoms with Gasteiger partial charge in [0.1, 0.15) is 5.75 Å². The van der Waals surface area contributed by atoms with Crippen LogP contribution >= 0.6 is 0 Å². The number of rotatable bonds is 5. The van der Waals surface area contributed by atoms with E-state index in [1.54, 1.807) is 7.11 Å². The largest absolute Gasteiger partial charge is 0.496 e. The van der Waals surface area contributed by atoms with Crippen LogP contribution in [-0.2, 0) is 0 Å². The Hall–Kier alpha value is -1.02. The smallest absolute Gasteiger partial charge is 0.122 e. The summed E-state index contributed by atoms with van der Waals surface area (Å²) in [6, 6.07) is 4.05. The Morgan fingerprint density at radius 1 is 1.24 bits per heavy atom. The lowest BCUT2D eigenvalue weighted by Crippen LogP contribution is -2.06. The predicted octanol–water partition coefficient (Wildman–Crippen LogP) is 3.78. The molecule has 0 heterocycles. The van der Waals surface area contributed by atoms with Crippen molar-refractivity contribution in [1.29, 1.82) is 0 Å². The summed E-state index contributed by atoms with van der Waals surface area (Å²) in [5.74, 6) is 1.44. The van der Waals surface area contributed by atoms with Gasteiger partial charge in [0, 0.05) is 0 Å². The standard InChI is InChI=1S/C15H24O2/c1-6-10(2)7-14(16)13-8-12(4)15(17-5)9-11(13)3/h8-10,14,16H,6-7H2,1-5H3. The predicted molar refractivity (Wildman–Crippen MR) is 71.5 cm³/mol. The molecular formula is C15H24O2. The minimum Gasteiger partial charge on any atom is -0.496 e. The third-order valence-corrected chi connectivity index (χ3v) is 3.47. The van der Waals surface area contributed by atoms with Gasteiger partial charge in [0.25, 0.3) is 0 Å². The molecule has 2 nitrogen and oxygen atoms in total. The van der Waals surface area contributed by atoms with E-state index in [0.29, 0.717) is 5.92 Å². The summed E-state index contributed by atoms with van der Waals surface area (Å²) in [5, 5.41) is 10.3. The van der Waals surface area contributed by atoms with E-state index < -0.39 is 0 Å². The SMILES string of the molecule is CCC(C)CC(O)c1cc(C)c(OC)cc1C. The van der Waals surface area contributed by atoms with Crippen molar-refractivity contribution in [1.82, 2.24) is 0 Å². The van der Waals surface area contributed by atoms with Gasteiger partial charge in [0.05, 0.1) is 13.2 Å². The molecule has 0 bridgehead atoms. The van der Waals surface area contributed by atoms with Gasteiger partial charge < -0.3 is 9.84 Å². The monoisotopic (exact) mass is 236 g/mol. The highest BCUT2D eigenvalue weighted by Crippen LogP contribution is 2.30. The van der Waals surface area contributed by atoms with Crippen LogP contribution in [0.25, 0.3) is 0 Å². The number of hydrogen-bond donors (Lipinski definition) is 1. The molecule has 2 atom stereocenters. The Morgan fingerprint density at radius 2 is 1.88 bits per heavy atom. The summed E-state index contributed by atoms with van der Waals surface area (Å²) in [6.07, 6.45) is 1.56. The molecule has 0 aliphatic heterocycles. The number of aliphatic hydroxyl groups is 1. The molecule has 2 heteroatoms. The van der Waals surface area contributed by atoms with E-state index in [2.05, 4.69) is 13.8 Å². The van der Waals surface area contributed by atoms with Gasteiger partial charge in [0.2, 0.25) is 0 Å². The van der Waals surface area contributed by atoms with Crippen LogP contribution in [0.3, 0.4) is 0 Å². The second-order valence-electron chi connectivity index (χ2n) is 4.94. The Balaban J connectivity index is 2.94. The fraction of sp³-hybridized carbons (Fsp3) is 0.600. The van der Waals surface area contributed by atoms with E-state index in [4.69, 9.17) is 4.74 Å². The highest BCUT2D eigenvalue weighted by molar-refractivity contribution is 5.42. The first-order valence-corrected chi connectivity index (χ1v) is 6.32. The number of methoxy groups -OCH3 is 1. The maximum atomic E-state index is 10.3. The lowest BCUT2D eigenvalue weighted by atomic mass is 9.92. The van der Waals surface area contributed by atoms with Gasteiger partial charge in [-0.2, -0.15) is 0 Å². The van der Waals surface area contributed by atoms with Gasteiger partial charge in [-0.15, -0.1) is 0 Å². The molecule has 0 saturated heterocycles. The van der Waals surface area contributed by atoms with E-state index in [0.717, 1.165) is 35.3 Å². The van der Waals surface area contributed by atoms with Crippen LogP contribution in [0.15, 0.2) is 12.1 Å². The molecule has 0 fully saturated rings. The van der Waals surface area contributed by atoms with Crippen LogP contribution in [0.5, 0.6) is 5.75 Å². The summed E-state index contributed by atoms with van der Waals surface area (Å²) in [4.78, 5) is 0. The summed E-state index contributed by atoms with van der Waals surface area (Å²) in [5.41, 5.74) is 3.21. The zero-order valence-corrected chi connectivity index (χ0v) is 11.6. The topological polar surface area (TPSA) is 29.5 Å². The molecule has 17 heavy (non-hydrogen) atoms. The molecule has 1 rings (SSSR count). The molecule has 96 valence electrons. The number of ether oxygens (including phenoxy) is 1. The average Bonchev–Trinajstić information content (AvgIpc) is 2.31. The Labute approximate surface area is 105 Å². The van der Waals surface area contributed by atoms with Gasteiger partial charge in [0.15, 0.2) is 0 Å². The van der Waals surface area contributed by atoms with Gasteiger partial charge >= 0.3 is 0 Å². The third-order valence-electron chi connectivity index (χ3n) is 3.47. The van der Waals surface area contributed by atoms with Crippen molar-refractivity contribution in [3.63, 3.8) is 0 Å². The van der Waals surface area contributed by atoms with E-state index >= 15 is 0 Å². The fourth-order valence-electron chi connectivity index (χ4n) is 2.07. The minimum atomic E-state index is -0.366. The molecule has 1 aromatic carbocycles. The molecular weight excluding hydrogens is 212 g/mol. The normalized spacial score (nSPS) is 14.5. The molecule has 0 aliphatic rings. The molecule has 0 spiro atoms. The summed E-state index contributed by atoms with van der Waals surface area (Å²) >= 11 is 0. The average molecular weight is 236 g/mol. The van der Waals surface area contributed by atoms with Crippen LogP contribution in [0.2, 0.25) is 0 Å². The number of hydrogen-bond acceptors (Lipinski definition) is 2. The summed E-state index contributed by atoms with van der Waals surface area (Å²) < 4.78 is 5.28. The highest BCUT2D eigenvalue weighted by Gasteiger charge is 2.15. The number of benzene rings is 1. The highest BCUT2D eigenvalue weighted by atomic mass is 16.5. The summed E-state index contributed by atoms with van der Waals surface area (Å²) in [7, 11) is 1.68. The van der Waals surface area contributed by atoms with Crippen molar-refractivity contribution < 1.29 is 9.84 Å². The first-order chi connectivity index (χ1) is 7.99. The van der Waals surface area contributed by atoms with Gasteiger partial charge in [-0.05, 0) is 55.0 Å². The van der Waals surface area contributed by atoms with E-state index in [9.17, 15) is 5.11 Å². The lowest BCUT2D eigenvalue weighted by Gasteiger charge is -2.19. The zero-order chi connectivity index (χ0) is 13.0. The quantitative estimate of drug-likeness (QED) is 0.843. The van der Waals surface area contributed by atoms with Crippen molar-refractivity contribution in [2.75, 3.05) is 7.11 Å². The molecule has 0 aromatic heterocycles. The summed E-state index contributed by atoms with van der Waals surface area (Å²) in [6.45, 7) is 8.37. The molecule has 0 aliphatic carbocycles. The molecule has 0 radical (unpaired) electrons. The lowest BCUT2D eigenvalue weighted by molar-refractivity contribution is 0.145. The third kappa shape index (κ3) is 3.47. The molecule has 1 aromatic rings. The number of aliphatic hydroxyl groups excluding tert-OH is 1. The van der Waals surface area contributed by atoms with Gasteiger partial charge in [-0.25, -0.2) is 0 Å². The maximum absolute atomic E-state index is 10.3. The molecule has 0 amide bonds. The zero-order valence-electron chi connectivity index (χ0n) is 11.6. The number of aryl methyl sites for hydroxylation is 2. The van der Waals surface area contributed by atoms with Crippen LogP contribution in [0.1, 0.15) is 49.5 Å². The van der Waals surface area contributed by atoms with Gasteiger partial charge in [-0.3, -0.25) is 0 Å². The van der Waals surface area contributed by atoms with Crippen molar-refractivity contribution in [3.05, 3.63) is 28.8 Å². The maximum Gasteiger partial charge on any atom is 0.122 e. The second kappa shape index (κ2) is 6.06. The molecule has 1 N–H and O–H groups in total. The van der Waals surface area contributed by atoms with Crippen LogP contribution < -0.4 is 4.74 Å². The van der Waals surface area contributed by atoms with Crippen LogP contribution in [0, 0.1) is 19.8 Å². The van der Waals surface area contributed by atoms with Crippen molar-refractivity contribution in [3.8, 4) is 5.75 Å². The van der Waals surface area contributed by atoms with Gasteiger partial charge in [-0.1, -0.05) is 20.3 Å². The van der Waals surface area contributed by atoms with Crippen molar-refractivity contribution >= 4 is 0 Å². The second-order valence-corrected chi connectivity index (χ2v) is 4.94. The van der Waals surface area contributed by atoms with Crippen molar-refractivity contribution in [2.24, 2.45) is 5.92 Å². The molecule has 0 saturated carbocycles. The Kier molecular flexibility index (Phi) is 5.01. The first-order valence-electron chi connectivity index (χ1n) is 6.32. The van der Waals surface area contributed by atoms with Crippen LogP contribution in [0.4, 0.5) is 0 Å².